The molecule has 17 heavy (non-hydrogen) atoms. The zero-order valence-electron chi connectivity index (χ0n) is 9.90. The summed E-state index contributed by atoms with van der Waals surface area (Å²) in [7, 11) is 0. The van der Waals surface area contributed by atoms with Crippen LogP contribution >= 0.6 is 11.6 Å². The molecule has 0 aliphatic rings. The van der Waals surface area contributed by atoms with Crippen molar-refractivity contribution in [2.24, 2.45) is 5.92 Å². The Morgan fingerprint density at radius 3 is 2.76 bits per heavy atom. The molecule has 0 bridgehead atoms. The van der Waals surface area contributed by atoms with E-state index in [0.29, 0.717) is 10.6 Å². The normalized spacial score (nSPS) is 12.5. The Bertz CT molecular complexity index is 407. The molecule has 0 spiro atoms. The molecule has 4 N–H and O–H groups in total. The van der Waals surface area contributed by atoms with Crippen molar-refractivity contribution in [1.82, 2.24) is 5.32 Å². The van der Waals surface area contributed by atoms with E-state index in [1.54, 1.807) is 18.2 Å². The SMILES string of the molecule is CC(C)C(O)CNC(=O)c1cccc(Cl)c1N. The van der Waals surface area contributed by atoms with E-state index in [1.165, 1.54) is 0 Å². The first-order valence-corrected chi connectivity index (χ1v) is 5.81. The molecule has 1 atom stereocenters. The maximum atomic E-state index is 11.8. The average molecular weight is 257 g/mol. The van der Waals surface area contributed by atoms with Crippen LogP contribution in [0.4, 0.5) is 5.69 Å². The van der Waals surface area contributed by atoms with E-state index in [9.17, 15) is 9.90 Å². The molecular weight excluding hydrogens is 240 g/mol. The molecule has 0 aliphatic carbocycles. The molecule has 0 aromatic heterocycles. The number of nitrogens with one attached hydrogen (secondary N) is 1. The quantitative estimate of drug-likeness (QED) is 0.718. The Kier molecular flexibility index (Phi) is 4.78. The van der Waals surface area contributed by atoms with Gasteiger partial charge in [-0.1, -0.05) is 31.5 Å². The summed E-state index contributed by atoms with van der Waals surface area (Å²) in [5, 5.41) is 12.5. The van der Waals surface area contributed by atoms with Crippen LogP contribution in [0.2, 0.25) is 5.02 Å². The summed E-state index contributed by atoms with van der Waals surface area (Å²) in [4.78, 5) is 11.8. The van der Waals surface area contributed by atoms with Crippen LogP contribution in [-0.2, 0) is 0 Å². The minimum absolute atomic E-state index is 0.0898. The van der Waals surface area contributed by atoms with E-state index in [-0.39, 0.29) is 24.1 Å². The van der Waals surface area contributed by atoms with E-state index in [2.05, 4.69) is 5.32 Å². The van der Waals surface area contributed by atoms with Crippen LogP contribution in [0.15, 0.2) is 18.2 Å². The number of rotatable bonds is 4. The number of hydrogen-bond donors (Lipinski definition) is 3. The lowest BCUT2D eigenvalue weighted by Crippen LogP contribution is -2.35. The maximum absolute atomic E-state index is 11.8. The van der Waals surface area contributed by atoms with Crippen molar-refractivity contribution in [3.05, 3.63) is 28.8 Å². The number of aliphatic hydroxyl groups is 1. The predicted octanol–water partition coefficient (Wildman–Crippen LogP) is 1.67. The van der Waals surface area contributed by atoms with Crippen molar-refractivity contribution < 1.29 is 9.90 Å². The van der Waals surface area contributed by atoms with Crippen molar-refractivity contribution in [3.8, 4) is 0 Å². The summed E-state index contributed by atoms with van der Waals surface area (Å²) in [6.45, 7) is 3.96. The van der Waals surface area contributed by atoms with Crippen molar-refractivity contribution in [1.29, 1.82) is 0 Å². The zero-order chi connectivity index (χ0) is 13.0. The van der Waals surface area contributed by atoms with Crippen LogP contribution in [0.25, 0.3) is 0 Å². The molecule has 1 unspecified atom stereocenters. The van der Waals surface area contributed by atoms with Gasteiger partial charge in [-0.15, -0.1) is 0 Å². The number of aliphatic hydroxyl groups excluding tert-OH is 1. The molecule has 1 aromatic carbocycles. The third-order valence-electron chi connectivity index (χ3n) is 2.54. The van der Waals surface area contributed by atoms with Crippen LogP contribution in [0.3, 0.4) is 0 Å². The van der Waals surface area contributed by atoms with Crippen molar-refractivity contribution in [3.63, 3.8) is 0 Å². The van der Waals surface area contributed by atoms with Crippen LogP contribution < -0.4 is 11.1 Å². The van der Waals surface area contributed by atoms with Gasteiger partial charge in [0.25, 0.3) is 5.91 Å². The lowest BCUT2D eigenvalue weighted by atomic mass is 10.1. The molecule has 0 aliphatic heterocycles. The van der Waals surface area contributed by atoms with Gasteiger partial charge in [0.1, 0.15) is 0 Å². The van der Waals surface area contributed by atoms with Gasteiger partial charge in [0.05, 0.1) is 22.4 Å². The number of carbonyl (C=O) groups is 1. The number of nitrogen functional groups attached to an aromatic ring is 1. The lowest BCUT2D eigenvalue weighted by molar-refractivity contribution is 0.0872. The van der Waals surface area contributed by atoms with E-state index in [4.69, 9.17) is 17.3 Å². The van der Waals surface area contributed by atoms with Gasteiger partial charge in [0.15, 0.2) is 0 Å². The highest BCUT2D eigenvalue weighted by molar-refractivity contribution is 6.33. The number of benzene rings is 1. The topological polar surface area (TPSA) is 75.3 Å². The third kappa shape index (κ3) is 3.61. The molecule has 4 nitrogen and oxygen atoms in total. The van der Waals surface area contributed by atoms with E-state index in [1.807, 2.05) is 13.8 Å². The highest BCUT2D eigenvalue weighted by atomic mass is 35.5. The summed E-state index contributed by atoms with van der Waals surface area (Å²) in [6, 6.07) is 4.88. The first kappa shape index (κ1) is 13.8. The highest BCUT2D eigenvalue weighted by Gasteiger charge is 2.14. The van der Waals surface area contributed by atoms with E-state index in [0.717, 1.165) is 0 Å². The van der Waals surface area contributed by atoms with Crippen molar-refractivity contribution in [2.75, 3.05) is 12.3 Å². The molecule has 1 rings (SSSR count). The summed E-state index contributed by atoms with van der Waals surface area (Å²) >= 11 is 5.82. The van der Waals surface area contributed by atoms with Gasteiger partial charge in [-0.05, 0) is 18.1 Å². The first-order valence-electron chi connectivity index (χ1n) is 5.43. The Hall–Kier alpha value is -1.26. The van der Waals surface area contributed by atoms with Crippen LogP contribution in [0.1, 0.15) is 24.2 Å². The summed E-state index contributed by atoms with van der Waals surface area (Å²) in [6.07, 6.45) is -0.570. The second kappa shape index (κ2) is 5.89. The first-order chi connectivity index (χ1) is 7.93. The van der Waals surface area contributed by atoms with Crippen molar-refractivity contribution in [2.45, 2.75) is 20.0 Å². The molecule has 5 heteroatoms. The average Bonchev–Trinajstić information content (AvgIpc) is 2.29. The molecule has 0 heterocycles. The molecule has 1 amide bonds. The van der Waals surface area contributed by atoms with Crippen LogP contribution in [-0.4, -0.2) is 23.7 Å². The molecule has 0 saturated carbocycles. The number of carbonyl (C=O) groups excluding carboxylic acids is 1. The third-order valence-corrected chi connectivity index (χ3v) is 2.87. The number of para-hydroxylation sites is 1. The van der Waals surface area contributed by atoms with Gasteiger partial charge >= 0.3 is 0 Å². The molecule has 1 aromatic rings. The number of halogens is 1. The highest BCUT2D eigenvalue weighted by Crippen LogP contribution is 2.22. The Morgan fingerprint density at radius 2 is 2.18 bits per heavy atom. The lowest BCUT2D eigenvalue weighted by Gasteiger charge is -2.15. The van der Waals surface area contributed by atoms with Gasteiger partial charge in [0.2, 0.25) is 0 Å². The molecular formula is C12H17ClN2O2. The zero-order valence-corrected chi connectivity index (χ0v) is 10.7. The fourth-order valence-corrected chi connectivity index (χ4v) is 1.44. The van der Waals surface area contributed by atoms with Gasteiger partial charge in [0, 0.05) is 6.54 Å². The second-order valence-electron chi connectivity index (χ2n) is 4.22. The largest absolute Gasteiger partial charge is 0.397 e. The number of amides is 1. The summed E-state index contributed by atoms with van der Waals surface area (Å²) in [5.74, 6) is -0.239. The van der Waals surface area contributed by atoms with Gasteiger partial charge < -0.3 is 16.2 Å². The van der Waals surface area contributed by atoms with Crippen molar-refractivity contribution >= 4 is 23.2 Å². The standard InChI is InChI=1S/C12H17ClN2O2/c1-7(2)10(16)6-15-12(17)8-4-3-5-9(13)11(8)14/h3-5,7,10,16H,6,14H2,1-2H3,(H,15,17). The number of nitrogens with two attached hydrogens (primary N) is 1. The Balaban J connectivity index is 2.68. The number of anilines is 1. The molecule has 94 valence electrons. The molecule has 0 radical (unpaired) electrons. The van der Waals surface area contributed by atoms with E-state index < -0.39 is 6.10 Å². The van der Waals surface area contributed by atoms with Crippen LogP contribution in [0, 0.1) is 5.92 Å². The Morgan fingerprint density at radius 1 is 1.53 bits per heavy atom. The molecule has 0 fully saturated rings. The van der Waals surface area contributed by atoms with Gasteiger partial charge in [-0.3, -0.25) is 4.79 Å². The van der Waals surface area contributed by atoms with Crippen LogP contribution in [0.5, 0.6) is 0 Å². The fourth-order valence-electron chi connectivity index (χ4n) is 1.26. The summed E-state index contributed by atoms with van der Waals surface area (Å²) < 4.78 is 0. The smallest absolute Gasteiger partial charge is 0.253 e. The van der Waals surface area contributed by atoms with E-state index >= 15 is 0 Å². The number of hydrogen-bond acceptors (Lipinski definition) is 3. The van der Waals surface area contributed by atoms with Gasteiger partial charge in [-0.25, -0.2) is 0 Å². The predicted molar refractivity (Wildman–Crippen MR) is 69.0 cm³/mol. The van der Waals surface area contributed by atoms with Gasteiger partial charge in [-0.2, -0.15) is 0 Å². The molecule has 0 saturated heterocycles. The second-order valence-corrected chi connectivity index (χ2v) is 4.63. The Labute approximate surface area is 106 Å². The minimum Gasteiger partial charge on any atom is -0.397 e. The monoisotopic (exact) mass is 256 g/mol. The fraction of sp³-hybridized carbons (Fsp3) is 0.417. The summed E-state index contributed by atoms with van der Waals surface area (Å²) in [5.41, 5.74) is 6.28. The maximum Gasteiger partial charge on any atom is 0.253 e. The minimum atomic E-state index is -0.570.